The van der Waals surface area contributed by atoms with Crippen LogP contribution in [0.5, 0.6) is 0 Å². The average molecular weight is 348 g/mol. The van der Waals surface area contributed by atoms with E-state index in [-0.39, 0.29) is 0 Å². The Hall–Kier alpha value is -2.20. The maximum atomic E-state index is 11.9. The number of hydrogen-bond donors (Lipinski definition) is 0. The Balaban J connectivity index is 3.28. The summed E-state index contributed by atoms with van der Waals surface area (Å²) in [6, 6.07) is 0. The number of rotatable bonds is 5. The fourth-order valence-electron chi connectivity index (χ4n) is 2.27. The molecule has 1 fully saturated rings. The van der Waals surface area contributed by atoms with E-state index >= 15 is 0 Å². The molecule has 0 aromatic rings. The van der Waals surface area contributed by atoms with Gasteiger partial charge >= 0.3 is 23.9 Å². The summed E-state index contributed by atoms with van der Waals surface area (Å²) in [4.78, 5) is 46.1. The van der Waals surface area contributed by atoms with E-state index in [1.165, 1.54) is 7.11 Å². The summed E-state index contributed by atoms with van der Waals surface area (Å²) in [5.74, 6) is -3.08. The van der Waals surface area contributed by atoms with E-state index in [0.717, 1.165) is 27.9 Å². The lowest BCUT2D eigenvalue weighted by atomic mass is 9.97. The zero-order valence-corrected chi connectivity index (χ0v) is 14.0. The summed E-state index contributed by atoms with van der Waals surface area (Å²) < 4.78 is 30.3. The van der Waals surface area contributed by atoms with Crippen molar-refractivity contribution >= 4 is 23.9 Å². The predicted octanol–water partition coefficient (Wildman–Crippen LogP) is -0.674. The molecule has 0 spiro atoms. The van der Waals surface area contributed by atoms with Gasteiger partial charge in [0, 0.05) is 27.9 Å². The van der Waals surface area contributed by atoms with Crippen molar-refractivity contribution in [1.82, 2.24) is 0 Å². The lowest BCUT2D eigenvalue weighted by Crippen LogP contribution is -2.63. The van der Waals surface area contributed by atoms with Crippen molar-refractivity contribution in [2.24, 2.45) is 0 Å². The molecule has 10 heteroatoms. The minimum Gasteiger partial charge on any atom is -0.467 e. The molecule has 0 saturated carbocycles. The molecule has 1 unspecified atom stereocenters. The number of carbonyl (C=O) groups is 4. The Morgan fingerprint density at radius 1 is 0.750 bits per heavy atom. The van der Waals surface area contributed by atoms with Gasteiger partial charge in [0.15, 0.2) is 30.7 Å². The summed E-state index contributed by atoms with van der Waals surface area (Å²) in [6.45, 7) is 3.34. The first-order chi connectivity index (χ1) is 11.2. The maximum Gasteiger partial charge on any atom is 0.339 e. The molecule has 1 aliphatic rings. The van der Waals surface area contributed by atoms with Gasteiger partial charge in [0.2, 0.25) is 0 Å². The summed E-state index contributed by atoms with van der Waals surface area (Å²) in [7, 11) is 2.35. The highest BCUT2D eigenvalue weighted by Crippen LogP contribution is 2.29. The molecule has 0 bridgehead atoms. The van der Waals surface area contributed by atoms with Gasteiger partial charge in [0.25, 0.3) is 0 Å². The van der Waals surface area contributed by atoms with E-state index in [1.54, 1.807) is 0 Å². The molecule has 0 amide bonds. The molecule has 0 N–H and O–H groups in total. The van der Waals surface area contributed by atoms with Gasteiger partial charge in [0.1, 0.15) is 0 Å². The second-order valence-electron chi connectivity index (χ2n) is 4.91. The monoisotopic (exact) mass is 348 g/mol. The molecule has 5 atom stereocenters. The van der Waals surface area contributed by atoms with Crippen molar-refractivity contribution in [3.05, 3.63) is 0 Å². The highest BCUT2D eigenvalue weighted by Gasteiger charge is 2.54. The summed E-state index contributed by atoms with van der Waals surface area (Å²) >= 11 is 0. The van der Waals surface area contributed by atoms with Gasteiger partial charge < -0.3 is 28.4 Å². The molecule has 0 aliphatic carbocycles. The van der Waals surface area contributed by atoms with Crippen LogP contribution < -0.4 is 0 Å². The van der Waals surface area contributed by atoms with Gasteiger partial charge in [-0.3, -0.25) is 14.4 Å². The molecular weight excluding hydrogens is 328 g/mol. The van der Waals surface area contributed by atoms with E-state index < -0.39 is 54.6 Å². The van der Waals surface area contributed by atoms with Gasteiger partial charge in [-0.05, 0) is 0 Å². The minimum absolute atomic E-state index is 0.708. The SMILES string of the molecule is COC(=O)[C@H]1OC(OC)[C@H](OC(C)=O)[C@@H](OC(C)=O)[C@@H]1OC(C)=O. The minimum atomic E-state index is -1.43. The van der Waals surface area contributed by atoms with Crippen molar-refractivity contribution in [2.75, 3.05) is 14.2 Å². The Kier molecular flexibility index (Phi) is 7.11. The van der Waals surface area contributed by atoms with Crippen LogP contribution in [0.4, 0.5) is 0 Å². The van der Waals surface area contributed by atoms with Crippen LogP contribution >= 0.6 is 0 Å². The van der Waals surface area contributed by atoms with Crippen LogP contribution in [0, 0.1) is 0 Å². The van der Waals surface area contributed by atoms with Gasteiger partial charge in [-0.25, -0.2) is 4.79 Å². The first-order valence-electron chi connectivity index (χ1n) is 6.99. The molecule has 1 aliphatic heterocycles. The van der Waals surface area contributed by atoms with Crippen molar-refractivity contribution in [3.8, 4) is 0 Å². The third kappa shape index (κ3) is 4.90. The van der Waals surface area contributed by atoms with E-state index in [0.29, 0.717) is 0 Å². The molecule has 24 heavy (non-hydrogen) atoms. The molecule has 10 nitrogen and oxygen atoms in total. The maximum absolute atomic E-state index is 11.9. The second kappa shape index (κ2) is 8.60. The Morgan fingerprint density at radius 3 is 1.62 bits per heavy atom. The van der Waals surface area contributed by atoms with Crippen LogP contribution in [0.15, 0.2) is 0 Å². The van der Waals surface area contributed by atoms with Crippen LogP contribution in [0.25, 0.3) is 0 Å². The van der Waals surface area contributed by atoms with Crippen LogP contribution in [0.2, 0.25) is 0 Å². The lowest BCUT2D eigenvalue weighted by Gasteiger charge is -2.42. The van der Waals surface area contributed by atoms with Crippen molar-refractivity contribution in [3.63, 3.8) is 0 Å². The predicted molar refractivity (Wildman–Crippen MR) is 74.3 cm³/mol. The fourth-order valence-corrected chi connectivity index (χ4v) is 2.27. The average Bonchev–Trinajstić information content (AvgIpc) is 2.48. The summed E-state index contributed by atoms with van der Waals surface area (Å²) in [6.07, 6.45) is -6.62. The molecular formula is C14H20O10. The number of ether oxygens (including phenoxy) is 6. The van der Waals surface area contributed by atoms with Crippen molar-refractivity contribution in [2.45, 2.75) is 51.5 Å². The molecule has 1 rings (SSSR count). The van der Waals surface area contributed by atoms with Crippen molar-refractivity contribution < 1.29 is 47.6 Å². The van der Waals surface area contributed by atoms with E-state index in [2.05, 4.69) is 4.74 Å². The number of esters is 4. The Morgan fingerprint density at radius 2 is 1.21 bits per heavy atom. The van der Waals surface area contributed by atoms with Crippen LogP contribution in [0.3, 0.4) is 0 Å². The van der Waals surface area contributed by atoms with Gasteiger partial charge in [-0.1, -0.05) is 0 Å². The molecule has 136 valence electrons. The molecule has 0 aromatic heterocycles. The first kappa shape index (κ1) is 19.8. The second-order valence-corrected chi connectivity index (χ2v) is 4.91. The number of carbonyl (C=O) groups excluding carboxylic acids is 4. The first-order valence-corrected chi connectivity index (χ1v) is 6.99. The lowest BCUT2D eigenvalue weighted by molar-refractivity contribution is -0.296. The molecule has 0 radical (unpaired) electrons. The zero-order valence-electron chi connectivity index (χ0n) is 14.0. The van der Waals surface area contributed by atoms with Crippen molar-refractivity contribution in [1.29, 1.82) is 0 Å². The zero-order chi connectivity index (χ0) is 18.4. The fraction of sp³-hybridized carbons (Fsp3) is 0.714. The topological polar surface area (TPSA) is 124 Å². The third-order valence-electron chi connectivity index (χ3n) is 3.07. The summed E-state index contributed by atoms with van der Waals surface area (Å²) in [5, 5.41) is 0. The highest BCUT2D eigenvalue weighted by atomic mass is 16.7. The van der Waals surface area contributed by atoms with Crippen LogP contribution in [-0.4, -0.2) is 68.8 Å². The van der Waals surface area contributed by atoms with E-state index in [9.17, 15) is 19.2 Å². The third-order valence-corrected chi connectivity index (χ3v) is 3.07. The van der Waals surface area contributed by atoms with Gasteiger partial charge in [0.05, 0.1) is 7.11 Å². The van der Waals surface area contributed by atoms with Gasteiger partial charge in [-0.15, -0.1) is 0 Å². The van der Waals surface area contributed by atoms with Gasteiger partial charge in [-0.2, -0.15) is 0 Å². The quantitative estimate of drug-likeness (QED) is 0.466. The smallest absolute Gasteiger partial charge is 0.339 e. The number of hydrogen-bond acceptors (Lipinski definition) is 10. The summed E-state index contributed by atoms with van der Waals surface area (Å²) in [5.41, 5.74) is 0. The Bertz CT molecular complexity index is 502. The van der Waals surface area contributed by atoms with E-state index in [4.69, 9.17) is 23.7 Å². The largest absolute Gasteiger partial charge is 0.467 e. The van der Waals surface area contributed by atoms with Crippen LogP contribution in [-0.2, 0) is 47.6 Å². The normalized spacial score (nSPS) is 29.3. The molecule has 1 saturated heterocycles. The molecule has 0 aromatic carbocycles. The highest BCUT2D eigenvalue weighted by molar-refractivity contribution is 5.77. The number of methoxy groups -OCH3 is 2. The van der Waals surface area contributed by atoms with Crippen LogP contribution in [0.1, 0.15) is 20.8 Å². The Labute approximate surface area is 138 Å². The molecule has 1 heterocycles. The standard InChI is InChI=1S/C14H20O10/c1-6(15)21-9-10(22-7(2)16)12(23-8(3)17)14(20-5)24-11(9)13(18)19-4/h9-12,14H,1-5H3/t9-,10-,11-,12+,14?/m0/s1. The van der Waals surface area contributed by atoms with E-state index in [1.807, 2.05) is 0 Å².